The SMILES string of the molecule is COC(=O)c1c(N)c(C#N)cn1-c1cc(Oc2cccc(Cl)c2Cl)c(Cl)cc1[N+](=O)[O-]. The molecule has 0 fully saturated rings. The monoisotopic (exact) mass is 480 g/mol. The molecule has 0 atom stereocenters. The smallest absolute Gasteiger partial charge is 0.357 e. The second-order valence-corrected chi connectivity index (χ2v) is 7.15. The predicted octanol–water partition coefficient (Wildman–Crippen LogP) is 5.38. The third-order valence-electron chi connectivity index (χ3n) is 4.16. The van der Waals surface area contributed by atoms with E-state index < -0.39 is 16.6 Å². The highest BCUT2D eigenvalue weighted by Gasteiger charge is 2.28. The van der Waals surface area contributed by atoms with Gasteiger partial charge in [0.2, 0.25) is 0 Å². The van der Waals surface area contributed by atoms with Gasteiger partial charge >= 0.3 is 5.97 Å². The van der Waals surface area contributed by atoms with Crippen LogP contribution in [0.2, 0.25) is 15.1 Å². The molecule has 9 nitrogen and oxygen atoms in total. The Hall–Kier alpha value is -3.45. The molecule has 1 heterocycles. The minimum absolute atomic E-state index is 0.0203. The number of carbonyl (C=O) groups is 1. The number of nitrogen functional groups attached to an aromatic ring is 1. The summed E-state index contributed by atoms with van der Waals surface area (Å²) in [6.07, 6.45) is 1.17. The maximum atomic E-state index is 12.3. The van der Waals surface area contributed by atoms with E-state index in [9.17, 15) is 20.2 Å². The van der Waals surface area contributed by atoms with Crippen molar-refractivity contribution >= 4 is 52.1 Å². The zero-order valence-corrected chi connectivity index (χ0v) is 17.8. The molecule has 0 radical (unpaired) electrons. The van der Waals surface area contributed by atoms with Crippen molar-refractivity contribution in [3.05, 3.63) is 73.0 Å². The van der Waals surface area contributed by atoms with Crippen LogP contribution >= 0.6 is 34.8 Å². The minimum Gasteiger partial charge on any atom is -0.464 e. The van der Waals surface area contributed by atoms with Crippen molar-refractivity contribution < 1.29 is 19.2 Å². The highest BCUT2D eigenvalue weighted by molar-refractivity contribution is 6.43. The van der Waals surface area contributed by atoms with Crippen LogP contribution in [0.25, 0.3) is 5.69 Å². The molecule has 0 aliphatic heterocycles. The van der Waals surface area contributed by atoms with Gasteiger partial charge in [0, 0.05) is 18.3 Å². The topological polar surface area (TPSA) is 133 Å². The maximum absolute atomic E-state index is 12.3. The Bertz CT molecular complexity index is 1270. The fourth-order valence-corrected chi connectivity index (χ4v) is 3.26. The standard InChI is InChI=1S/C19H11Cl3N4O5/c1-30-19(27)18-17(24)9(7-23)8-25(18)12-6-15(11(21)5-13(12)26(28)29)31-14-4-2-3-10(20)16(14)22/h2-6,8H,24H2,1H3. The molecule has 31 heavy (non-hydrogen) atoms. The van der Waals surface area contributed by atoms with Gasteiger partial charge in [-0.1, -0.05) is 40.9 Å². The highest BCUT2D eigenvalue weighted by atomic mass is 35.5. The third kappa shape index (κ3) is 4.09. The molecular formula is C19H11Cl3N4O5. The number of nitrogens with zero attached hydrogens (tertiary/aromatic N) is 3. The Balaban J connectivity index is 2.27. The van der Waals surface area contributed by atoms with Crippen molar-refractivity contribution in [1.82, 2.24) is 4.57 Å². The van der Waals surface area contributed by atoms with Crippen LogP contribution in [0.15, 0.2) is 36.5 Å². The van der Waals surface area contributed by atoms with Crippen molar-refractivity contribution in [3.8, 4) is 23.3 Å². The average Bonchev–Trinajstić information content (AvgIpc) is 3.07. The van der Waals surface area contributed by atoms with Crippen molar-refractivity contribution in [2.45, 2.75) is 0 Å². The van der Waals surface area contributed by atoms with Crippen LogP contribution in [0.4, 0.5) is 11.4 Å². The van der Waals surface area contributed by atoms with Crippen LogP contribution in [-0.2, 0) is 4.74 Å². The summed E-state index contributed by atoms with van der Waals surface area (Å²) in [5, 5.41) is 21.2. The molecule has 3 aromatic rings. The normalized spacial score (nSPS) is 10.4. The van der Waals surface area contributed by atoms with Gasteiger partial charge in [0.15, 0.2) is 5.69 Å². The number of carbonyl (C=O) groups excluding carboxylic acids is 1. The molecule has 0 aliphatic carbocycles. The number of ether oxygens (including phenoxy) is 2. The number of anilines is 1. The summed E-state index contributed by atoms with van der Waals surface area (Å²) in [7, 11) is 1.11. The maximum Gasteiger partial charge on any atom is 0.357 e. The lowest BCUT2D eigenvalue weighted by Crippen LogP contribution is -2.12. The van der Waals surface area contributed by atoms with Crippen molar-refractivity contribution in [3.63, 3.8) is 0 Å². The lowest BCUT2D eigenvalue weighted by Gasteiger charge is -2.14. The van der Waals surface area contributed by atoms with E-state index in [0.29, 0.717) is 0 Å². The molecule has 0 saturated carbocycles. The van der Waals surface area contributed by atoms with E-state index in [0.717, 1.165) is 17.7 Å². The summed E-state index contributed by atoms with van der Waals surface area (Å²) in [5.41, 5.74) is 4.72. The van der Waals surface area contributed by atoms with Crippen LogP contribution in [0.1, 0.15) is 16.1 Å². The molecule has 0 aliphatic rings. The third-order valence-corrected chi connectivity index (χ3v) is 5.26. The predicted molar refractivity (Wildman–Crippen MR) is 114 cm³/mol. The first-order valence-electron chi connectivity index (χ1n) is 8.29. The number of nitriles is 1. The van der Waals surface area contributed by atoms with Crippen LogP contribution in [0, 0.1) is 21.4 Å². The summed E-state index contributed by atoms with van der Waals surface area (Å²) in [6.45, 7) is 0. The number of nitrogens with two attached hydrogens (primary N) is 1. The van der Waals surface area contributed by atoms with Gasteiger partial charge in [-0.3, -0.25) is 10.1 Å². The van der Waals surface area contributed by atoms with E-state index in [1.54, 1.807) is 12.1 Å². The molecule has 2 N–H and O–H groups in total. The highest BCUT2D eigenvalue weighted by Crippen LogP contribution is 2.41. The van der Waals surface area contributed by atoms with E-state index in [4.69, 9.17) is 50.0 Å². The lowest BCUT2D eigenvalue weighted by molar-refractivity contribution is -0.384. The fourth-order valence-electron chi connectivity index (χ4n) is 2.74. The molecule has 1 aromatic heterocycles. The fraction of sp³-hybridized carbons (Fsp3) is 0.0526. The van der Waals surface area contributed by atoms with E-state index in [2.05, 4.69) is 0 Å². The second kappa shape index (κ2) is 8.73. The average molecular weight is 482 g/mol. The molecule has 12 heteroatoms. The number of hydrogen-bond acceptors (Lipinski definition) is 7. The van der Waals surface area contributed by atoms with Crippen molar-refractivity contribution in [1.29, 1.82) is 5.26 Å². The van der Waals surface area contributed by atoms with Crippen LogP contribution in [-0.4, -0.2) is 22.6 Å². The van der Waals surface area contributed by atoms with E-state index in [-0.39, 0.29) is 49.2 Å². The molecule has 0 spiro atoms. The van der Waals surface area contributed by atoms with Crippen LogP contribution < -0.4 is 10.5 Å². The van der Waals surface area contributed by atoms with E-state index in [1.165, 1.54) is 18.3 Å². The molecule has 0 unspecified atom stereocenters. The number of halogens is 3. The number of benzene rings is 2. The second-order valence-electron chi connectivity index (χ2n) is 5.96. The lowest BCUT2D eigenvalue weighted by atomic mass is 10.2. The molecule has 2 aromatic carbocycles. The van der Waals surface area contributed by atoms with Crippen molar-refractivity contribution in [2.75, 3.05) is 12.8 Å². The van der Waals surface area contributed by atoms with Gasteiger partial charge in [0.1, 0.15) is 28.3 Å². The van der Waals surface area contributed by atoms with Crippen LogP contribution in [0.5, 0.6) is 11.5 Å². The molecule has 3 rings (SSSR count). The Morgan fingerprint density at radius 2 is 1.94 bits per heavy atom. The summed E-state index contributed by atoms with van der Waals surface area (Å²) in [6, 6.07) is 8.73. The molecule has 0 bridgehead atoms. The Kier molecular flexibility index (Phi) is 6.27. The number of methoxy groups -OCH3 is 1. The number of hydrogen-bond donors (Lipinski definition) is 1. The summed E-state index contributed by atoms with van der Waals surface area (Å²) < 4.78 is 11.5. The number of aromatic nitrogens is 1. The number of esters is 1. The first kappa shape index (κ1) is 22.2. The molecule has 0 amide bonds. The quantitative estimate of drug-likeness (QED) is 0.294. The first-order chi connectivity index (χ1) is 14.7. The van der Waals surface area contributed by atoms with Gasteiger partial charge in [0.05, 0.1) is 33.3 Å². The molecule has 0 saturated heterocycles. The van der Waals surface area contributed by atoms with Gasteiger partial charge in [-0.05, 0) is 12.1 Å². The van der Waals surface area contributed by atoms with Gasteiger partial charge < -0.3 is 19.8 Å². The first-order valence-corrected chi connectivity index (χ1v) is 9.42. The van der Waals surface area contributed by atoms with Gasteiger partial charge in [-0.2, -0.15) is 5.26 Å². The molecule has 158 valence electrons. The van der Waals surface area contributed by atoms with Crippen LogP contribution in [0.3, 0.4) is 0 Å². The number of nitro benzene ring substituents is 1. The van der Waals surface area contributed by atoms with E-state index >= 15 is 0 Å². The van der Waals surface area contributed by atoms with E-state index in [1.807, 2.05) is 6.07 Å². The Labute approximate surface area is 190 Å². The number of nitro groups is 1. The minimum atomic E-state index is -0.899. The largest absolute Gasteiger partial charge is 0.464 e. The number of rotatable bonds is 5. The van der Waals surface area contributed by atoms with Gasteiger partial charge in [-0.15, -0.1) is 0 Å². The summed E-state index contributed by atoms with van der Waals surface area (Å²) in [4.78, 5) is 23.2. The van der Waals surface area contributed by atoms with Gasteiger partial charge in [-0.25, -0.2) is 4.79 Å². The zero-order chi connectivity index (χ0) is 22.9. The summed E-state index contributed by atoms with van der Waals surface area (Å²) >= 11 is 18.3. The molecular weight excluding hydrogens is 471 g/mol. The summed E-state index contributed by atoms with van der Waals surface area (Å²) in [5.74, 6) is -0.773. The Morgan fingerprint density at radius 1 is 1.23 bits per heavy atom. The Morgan fingerprint density at radius 3 is 2.55 bits per heavy atom. The van der Waals surface area contributed by atoms with Gasteiger partial charge in [0.25, 0.3) is 5.69 Å². The van der Waals surface area contributed by atoms with Crippen molar-refractivity contribution in [2.24, 2.45) is 0 Å². The zero-order valence-electron chi connectivity index (χ0n) is 15.6.